The molecule has 0 radical (unpaired) electrons. The lowest BCUT2D eigenvalue weighted by Crippen LogP contribution is -2.46. The highest BCUT2D eigenvalue weighted by Crippen LogP contribution is 2.28. The standard InChI is InChI=1S/C24H19IN2O2/c25-20-12-6-3-9-17(20)14-21(23(26)28)27-24(29)22-18-10-4-1-7-15(18)13-16-8-2-5-11-19(16)22/h1-13,21H,14H2,(H2,26,28)(H,27,29)/t21-/m1/s1. The summed E-state index contributed by atoms with van der Waals surface area (Å²) in [6, 6.07) is 24.6. The van der Waals surface area contributed by atoms with Gasteiger partial charge in [0.1, 0.15) is 6.04 Å². The SMILES string of the molecule is NC(=O)[C@@H](Cc1ccccc1I)NC(=O)c1c2ccccc2cc2ccccc12. The second-order valence-electron chi connectivity index (χ2n) is 6.92. The van der Waals surface area contributed by atoms with Crippen molar-refractivity contribution >= 4 is 56.0 Å². The van der Waals surface area contributed by atoms with E-state index in [0.29, 0.717) is 12.0 Å². The van der Waals surface area contributed by atoms with E-state index >= 15 is 0 Å². The van der Waals surface area contributed by atoms with E-state index in [2.05, 4.69) is 34.0 Å². The molecule has 0 saturated heterocycles. The smallest absolute Gasteiger partial charge is 0.253 e. The Kier molecular flexibility index (Phi) is 5.49. The largest absolute Gasteiger partial charge is 0.368 e. The molecule has 0 bridgehead atoms. The number of hydrogen-bond donors (Lipinski definition) is 2. The molecule has 4 aromatic carbocycles. The fraction of sp³-hybridized carbons (Fsp3) is 0.0833. The summed E-state index contributed by atoms with van der Waals surface area (Å²) in [5, 5.41) is 6.53. The van der Waals surface area contributed by atoms with Crippen molar-refractivity contribution in [2.75, 3.05) is 0 Å². The number of amides is 2. The van der Waals surface area contributed by atoms with Crippen molar-refractivity contribution in [2.45, 2.75) is 12.5 Å². The Morgan fingerprint density at radius 3 is 2.00 bits per heavy atom. The normalized spacial score (nSPS) is 12.0. The van der Waals surface area contributed by atoms with Gasteiger partial charge in [-0.3, -0.25) is 9.59 Å². The van der Waals surface area contributed by atoms with E-state index in [1.54, 1.807) is 0 Å². The van der Waals surface area contributed by atoms with Crippen LogP contribution in [0.15, 0.2) is 78.9 Å². The number of primary amides is 1. The summed E-state index contributed by atoms with van der Waals surface area (Å²) in [5.74, 6) is -0.852. The summed E-state index contributed by atoms with van der Waals surface area (Å²) >= 11 is 2.22. The van der Waals surface area contributed by atoms with Crippen molar-refractivity contribution in [1.82, 2.24) is 5.32 Å². The van der Waals surface area contributed by atoms with Crippen LogP contribution in [-0.2, 0) is 11.2 Å². The van der Waals surface area contributed by atoms with Crippen LogP contribution in [0.1, 0.15) is 15.9 Å². The van der Waals surface area contributed by atoms with Crippen molar-refractivity contribution in [2.24, 2.45) is 5.73 Å². The Morgan fingerprint density at radius 2 is 1.41 bits per heavy atom. The third kappa shape index (κ3) is 3.96. The molecule has 4 rings (SSSR count). The second-order valence-corrected chi connectivity index (χ2v) is 8.08. The first kappa shape index (κ1) is 19.4. The van der Waals surface area contributed by atoms with E-state index < -0.39 is 11.9 Å². The maximum atomic E-state index is 13.3. The van der Waals surface area contributed by atoms with E-state index in [1.165, 1.54) is 0 Å². The van der Waals surface area contributed by atoms with E-state index in [4.69, 9.17) is 5.73 Å². The van der Waals surface area contributed by atoms with Gasteiger partial charge in [-0.05, 0) is 61.8 Å². The summed E-state index contributed by atoms with van der Waals surface area (Å²) < 4.78 is 1.03. The molecule has 4 aromatic rings. The summed E-state index contributed by atoms with van der Waals surface area (Å²) in [6.07, 6.45) is 0.350. The highest BCUT2D eigenvalue weighted by molar-refractivity contribution is 14.1. The molecule has 5 heteroatoms. The minimum absolute atomic E-state index is 0.298. The van der Waals surface area contributed by atoms with Gasteiger partial charge in [0.05, 0.1) is 5.56 Å². The Bertz CT molecular complexity index is 1180. The monoisotopic (exact) mass is 494 g/mol. The molecule has 0 unspecified atom stereocenters. The minimum Gasteiger partial charge on any atom is -0.368 e. The molecular formula is C24H19IN2O2. The van der Waals surface area contributed by atoms with E-state index in [-0.39, 0.29) is 5.91 Å². The zero-order valence-electron chi connectivity index (χ0n) is 15.6. The van der Waals surface area contributed by atoms with Gasteiger partial charge in [0.2, 0.25) is 5.91 Å². The van der Waals surface area contributed by atoms with Crippen molar-refractivity contribution < 1.29 is 9.59 Å². The van der Waals surface area contributed by atoms with Gasteiger partial charge in [-0.15, -0.1) is 0 Å². The first-order valence-electron chi connectivity index (χ1n) is 9.28. The maximum absolute atomic E-state index is 13.3. The summed E-state index contributed by atoms with van der Waals surface area (Å²) in [7, 11) is 0. The average Bonchev–Trinajstić information content (AvgIpc) is 2.72. The van der Waals surface area contributed by atoms with Crippen LogP contribution in [-0.4, -0.2) is 17.9 Å². The molecule has 0 aromatic heterocycles. The van der Waals surface area contributed by atoms with E-state index in [1.807, 2.05) is 72.8 Å². The fourth-order valence-electron chi connectivity index (χ4n) is 3.60. The molecule has 0 fully saturated rings. The Hall–Kier alpha value is -2.93. The van der Waals surface area contributed by atoms with Crippen LogP contribution in [0.2, 0.25) is 0 Å². The zero-order chi connectivity index (χ0) is 20.4. The molecule has 0 aliphatic rings. The van der Waals surface area contributed by atoms with E-state index in [0.717, 1.165) is 30.7 Å². The topological polar surface area (TPSA) is 72.2 Å². The van der Waals surface area contributed by atoms with Gasteiger partial charge < -0.3 is 11.1 Å². The second kappa shape index (κ2) is 8.21. The Balaban J connectivity index is 1.75. The number of nitrogens with one attached hydrogen (secondary N) is 1. The summed E-state index contributed by atoms with van der Waals surface area (Å²) in [5.41, 5.74) is 7.17. The van der Waals surface area contributed by atoms with Gasteiger partial charge >= 0.3 is 0 Å². The number of rotatable bonds is 5. The third-order valence-corrected chi connectivity index (χ3v) is 6.08. The van der Waals surface area contributed by atoms with Crippen LogP contribution in [0.5, 0.6) is 0 Å². The first-order chi connectivity index (χ1) is 14.0. The number of halogens is 1. The maximum Gasteiger partial charge on any atom is 0.253 e. The molecule has 0 heterocycles. The number of fused-ring (bicyclic) bond motifs is 2. The predicted molar refractivity (Wildman–Crippen MR) is 125 cm³/mol. The average molecular weight is 494 g/mol. The van der Waals surface area contributed by atoms with E-state index in [9.17, 15) is 9.59 Å². The quantitative estimate of drug-likeness (QED) is 0.319. The lowest BCUT2D eigenvalue weighted by atomic mass is 9.95. The Morgan fingerprint density at radius 1 is 0.862 bits per heavy atom. The Labute approximate surface area is 182 Å². The van der Waals surface area contributed by atoms with Crippen LogP contribution in [0, 0.1) is 3.57 Å². The molecule has 2 amide bonds. The van der Waals surface area contributed by atoms with Gasteiger partial charge in [0, 0.05) is 9.99 Å². The summed E-state index contributed by atoms with van der Waals surface area (Å²) in [4.78, 5) is 25.5. The van der Waals surface area contributed by atoms with Crippen LogP contribution >= 0.6 is 22.6 Å². The molecule has 144 valence electrons. The van der Waals surface area contributed by atoms with Crippen molar-refractivity contribution in [3.63, 3.8) is 0 Å². The first-order valence-corrected chi connectivity index (χ1v) is 10.4. The zero-order valence-corrected chi connectivity index (χ0v) is 17.7. The van der Waals surface area contributed by atoms with Crippen LogP contribution in [0.4, 0.5) is 0 Å². The molecule has 0 spiro atoms. The van der Waals surface area contributed by atoms with Crippen LogP contribution in [0.25, 0.3) is 21.5 Å². The van der Waals surface area contributed by atoms with Gasteiger partial charge in [-0.25, -0.2) is 0 Å². The molecule has 4 nitrogen and oxygen atoms in total. The van der Waals surface area contributed by atoms with Gasteiger partial charge in [0.25, 0.3) is 5.91 Å². The van der Waals surface area contributed by atoms with Crippen LogP contribution < -0.4 is 11.1 Å². The number of carbonyl (C=O) groups excluding carboxylic acids is 2. The molecule has 0 aliphatic carbocycles. The van der Waals surface area contributed by atoms with Crippen molar-refractivity contribution in [3.05, 3.63) is 93.6 Å². The third-order valence-electron chi connectivity index (χ3n) is 5.03. The van der Waals surface area contributed by atoms with Crippen LogP contribution in [0.3, 0.4) is 0 Å². The fourth-order valence-corrected chi connectivity index (χ4v) is 4.20. The molecule has 0 aliphatic heterocycles. The predicted octanol–water partition coefficient (Wildman–Crippen LogP) is 4.42. The number of benzene rings is 4. The van der Waals surface area contributed by atoms with Gasteiger partial charge in [-0.1, -0.05) is 66.7 Å². The number of nitrogens with two attached hydrogens (primary N) is 1. The number of hydrogen-bond acceptors (Lipinski definition) is 2. The molecule has 1 atom stereocenters. The minimum atomic E-state index is -0.795. The summed E-state index contributed by atoms with van der Waals surface area (Å²) in [6.45, 7) is 0. The van der Waals surface area contributed by atoms with Gasteiger partial charge in [-0.2, -0.15) is 0 Å². The van der Waals surface area contributed by atoms with Crippen molar-refractivity contribution in [1.29, 1.82) is 0 Å². The van der Waals surface area contributed by atoms with Gasteiger partial charge in [0.15, 0.2) is 0 Å². The number of carbonyl (C=O) groups is 2. The molecular weight excluding hydrogens is 475 g/mol. The molecule has 29 heavy (non-hydrogen) atoms. The molecule has 3 N–H and O–H groups in total. The molecule has 0 saturated carbocycles. The lowest BCUT2D eigenvalue weighted by Gasteiger charge is -2.18. The van der Waals surface area contributed by atoms with Crippen molar-refractivity contribution in [3.8, 4) is 0 Å². The highest BCUT2D eigenvalue weighted by atomic mass is 127. The lowest BCUT2D eigenvalue weighted by molar-refractivity contribution is -0.119. The highest BCUT2D eigenvalue weighted by Gasteiger charge is 2.23.